The van der Waals surface area contributed by atoms with Crippen LogP contribution in [0.1, 0.15) is 84.0 Å². The summed E-state index contributed by atoms with van der Waals surface area (Å²) in [7, 11) is 0. The molecule has 25 heavy (non-hydrogen) atoms. The van der Waals surface area contributed by atoms with Crippen LogP contribution in [0, 0.1) is 10.1 Å². The second-order valence-corrected chi connectivity index (χ2v) is 6.07. The Morgan fingerprint density at radius 1 is 1.00 bits per heavy atom. The molecule has 0 spiro atoms. The van der Waals surface area contributed by atoms with Crippen LogP contribution in [0.2, 0.25) is 0 Å². The molecule has 0 fully saturated rings. The van der Waals surface area contributed by atoms with E-state index >= 15 is 0 Å². The number of nitro groups is 1. The minimum absolute atomic E-state index is 0.0127. The maximum absolute atomic E-state index is 11.0. The Morgan fingerprint density at radius 2 is 1.64 bits per heavy atom. The van der Waals surface area contributed by atoms with E-state index in [1.807, 2.05) is 13.2 Å². The third-order valence-corrected chi connectivity index (χ3v) is 3.86. The lowest BCUT2D eigenvalue weighted by atomic mass is 10.1. The summed E-state index contributed by atoms with van der Waals surface area (Å²) in [5, 5.41) is 20.9. The summed E-state index contributed by atoms with van der Waals surface area (Å²) in [6.07, 6.45) is 19.3. The minimum atomic E-state index is -0.440. The van der Waals surface area contributed by atoms with Crippen molar-refractivity contribution in [3.05, 3.63) is 45.9 Å². The standard InChI is InChI=1S/C20H32NO4/c1-2-3-13-16-19(21(24)25)20(23)17-14-11-9-7-5-4-6-8-10-12-15-18-22/h5-8,23H,2-4,9-17H2,1H3/b7-5-,8-6-,20-19-. The van der Waals surface area contributed by atoms with Crippen LogP contribution in [0.5, 0.6) is 0 Å². The molecule has 0 unspecified atom stereocenters. The summed E-state index contributed by atoms with van der Waals surface area (Å²) < 4.78 is 0. The van der Waals surface area contributed by atoms with Crippen LogP contribution in [-0.4, -0.2) is 16.3 Å². The van der Waals surface area contributed by atoms with Crippen LogP contribution in [0.3, 0.4) is 0 Å². The van der Waals surface area contributed by atoms with Gasteiger partial charge < -0.3 is 5.11 Å². The third-order valence-electron chi connectivity index (χ3n) is 3.86. The third kappa shape index (κ3) is 14.2. The van der Waals surface area contributed by atoms with Gasteiger partial charge in [0.1, 0.15) is 0 Å². The number of allylic oxidation sites excluding steroid dienone is 6. The van der Waals surface area contributed by atoms with Gasteiger partial charge in [-0.3, -0.25) is 14.9 Å². The van der Waals surface area contributed by atoms with Gasteiger partial charge in [0.25, 0.3) is 5.70 Å². The SMILES string of the molecule is CCCCC/C(=C(/O)CCCC/C=C\C/C=C\CCC[C]=O)[N+](=O)[O-]. The number of carbonyl (C=O) groups excluding carboxylic acids is 1. The molecule has 1 radical (unpaired) electrons. The van der Waals surface area contributed by atoms with E-state index in [1.165, 1.54) is 0 Å². The molecule has 1 N–H and O–H groups in total. The Labute approximate surface area is 151 Å². The van der Waals surface area contributed by atoms with Crippen LogP contribution >= 0.6 is 0 Å². The van der Waals surface area contributed by atoms with E-state index in [9.17, 15) is 20.0 Å². The summed E-state index contributed by atoms with van der Waals surface area (Å²) in [5.74, 6) is -0.0550. The van der Waals surface area contributed by atoms with Crippen LogP contribution in [-0.2, 0) is 4.79 Å². The number of unbranched alkanes of at least 4 members (excludes halogenated alkanes) is 6. The molecule has 0 aliphatic rings. The summed E-state index contributed by atoms with van der Waals surface area (Å²) in [6.45, 7) is 2.05. The van der Waals surface area contributed by atoms with Crippen molar-refractivity contribution in [3.63, 3.8) is 0 Å². The zero-order valence-electron chi connectivity index (χ0n) is 15.4. The second-order valence-electron chi connectivity index (χ2n) is 6.07. The molecular weight excluding hydrogens is 318 g/mol. The molecule has 0 amide bonds. The highest BCUT2D eigenvalue weighted by molar-refractivity contribution is 5.50. The molecule has 0 aromatic rings. The summed E-state index contributed by atoms with van der Waals surface area (Å²) in [4.78, 5) is 20.6. The van der Waals surface area contributed by atoms with Gasteiger partial charge in [-0.05, 0) is 44.9 Å². The molecule has 141 valence electrons. The molecule has 0 saturated carbocycles. The van der Waals surface area contributed by atoms with Crippen LogP contribution < -0.4 is 0 Å². The number of aliphatic hydroxyl groups is 1. The molecule has 0 aliphatic heterocycles. The molecule has 0 aromatic carbocycles. The lowest BCUT2D eigenvalue weighted by molar-refractivity contribution is -0.431. The van der Waals surface area contributed by atoms with E-state index < -0.39 is 4.92 Å². The molecule has 0 rings (SSSR count). The van der Waals surface area contributed by atoms with Crippen molar-refractivity contribution in [2.75, 3.05) is 0 Å². The van der Waals surface area contributed by atoms with Gasteiger partial charge >= 0.3 is 0 Å². The minimum Gasteiger partial charge on any atom is -0.506 e. The summed E-state index contributed by atoms with van der Waals surface area (Å²) >= 11 is 0. The van der Waals surface area contributed by atoms with Crippen molar-refractivity contribution < 1.29 is 14.8 Å². The fourth-order valence-electron chi connectivity index (χ4n) is 2.38. The molecule has 0 heterocycles. The first-order valence-corrected chi connectivity index (χ1v) is 9.33. The maximum Gasteiger partial charge on any atom is 0.283 e. The lowest BCUT2D eigenvalue weighted by Gasteiger charge is -2.03. The first-order chi connectivity index (χ1) is 12.1. The molecular formula is C20H32NO4. The predicted octanol–water partition coefficient (Wildman–Crippen LogP) is 5.96. The Bertz CT molecular complexity index is 453. The van der Waals surface area contributed by atoms with E-state index in [0.29, 0.717) is 19.3 Å². The Hall–Kier alpha value is -1.91. The van der Waals surface area contributed by atoms with Gasteiger partial charge in [0, 0.05) is 19.3 Å². The predicted molar refractivity (Wildman–Crippen MR) is 102 cm³/mol. The highest BCUT2D eigenvalue weighted by atomic mass is 16.6. The first-order valence-electron chi connectivity index (χ1n) is 9.33. The molecule has 0 aromatic heterocycles. The van der Waals surface area contributed by atoms with Gasteiger partial charge in [-0.25, -0.2) is 0 Å². The molecule has 0 bridgehead atoms. The number of rotatable bonds is 16. The highest BCUT2D eigenvalue weighted by Crippen LogP contribution is 2.17. The van der Waals surface area contributed by atoms with Gasteiger partial charge in [-0.15, -0.1) is 0 Å². The second kappa shape index (κ2) is 16.9. The zero-order valence-corrected chi connectivity index (χ0v) is 15.4. The topological polar surface area (TPSA) is 80.4 Å². The van der Waals surface area contributed by atoms with Crippen molar-refractivity contribution >= 4 is 6.29 Å². The van der Waals surface area contributed by atoms with E-state index in [1.54, 1.807) is 0 Å². The molecule has 0 atom stereocenters. The molecule has 5 heteroatoms. The van der Waals surface area contributed by atoms with Crippen molar-refractivity contribution in [2.45, 2.75) is 84.0 Å². The van der Waals surface area contributed by atoms with Gasteiger partial charge in [-0.1, -0.05) is 44.1 Å². The number of aliphatic hydroxyl groups excluding tert-OH is 1. The molecule has 0 aliphatic carbocycles. The number of hydrogen-bond donors (Lipinski definition) is 1. The fourth-order valence-corrected chi connectivity index (χ4v) is 2.38. The van der Waals surface area contributed by atoms with E-state index in [-0.39, 0.29) is 11.5 Å². The van der Waals surface area contributed by atoms with Gasteiger partial charge in [-0.2, -0.15) is 0 Å². The Kier molecular flexibility index (Phi) is 15.6. The normalized spacial score (nSPS) is 12.7. The largest absolute Gasteiger partial charge is 0.506 e. The van der Waals surface area contributed by atoms with E-state index in [4.69, 9.17) is 0 Å². The Balaban J connectivity index is 3.89. The highest BCUT2D eigenvalue weighted by Gasteiger charge is 2.16. The molecule has 0 saturated heterocycles. The van der Waals surface area contributed by atoms with E-state index in [2.05, 4.69) is 24.3 Å². The summed E-state index contributed by atoms with van der Waals surface area (Å²) in [5.41, 5.74) is -0.0127. The number of nitrogens with zero attached hydrogens (tertiary/aromatic N) is 1. The van der Waals surface area contributed by atoms with Crippen LogP contribution in [0.15, 0.2) is 35.8 Å². The Morgan fingerprint density at radius 3 is 2.24 bits per heavy atom. The first kappa shape index (κ1) is 23.1. The quantitative estimate of drug-likeness (QED) is 0.122. The van der Waals surface area contributed by atoms with Crippen molar-refractivity contribution in [2.24, 2.45) is 0 Å². The smallest absolute Gasteiger partial charge is 0.283 e. The lowest BCUT2D eigenvalue weighted by Crippen LogP contribution is -2.04. The fraction of sp³-hybridized carbons (Fsp3) is 0.650. The van der Waals surface area contributed by atoms with E-state index in [0.717, 1.165) is 57.8 Å². The monoisotopic (exact) mass is 350 g/mol. The molecule has 5 nitrogen and oxygen atoms in total. The van der Waals surface area contributed by atoms with Crippen LogP contribution in [0.4, 0.5) is 0 Å². The van der Waals surface area contributed by atoms with Crippen LogP contribution in [0.25, 0.3) is 0 Å². The van der Waals surface area contributed by atoms with Gasteiger partial charge in [0.2, 0.25) is 0 Å². The van der Waals surface area contributed by atoms with Gasteiger partial charge in [0.15, 0.2) is 12.0 Å². The van der Waals surface area contributed by atoms with Crippen molar-refractivity contribution in [1.82, 2.24) is 0 Å². The number of hydrogen-bond acceptors (Lipinski definition) is 4. The average Bonchev–Trinajstić information content (AvgIpc) is 2.59. The van der Waals surface area contributed by atoms with Crippen molar-refractivity contribution in [1.29, 1.82) is 0 Å². The maximum atomic E-state index is 11.0. The summed E-state index contributed by atoms with van der Waals surface area (Å²) in [6, 6.07) is 0. The van der Waals surface area contributed by atoms with Crippen molar-refractivity contribution in [3.8, 4) is 0 Å². The van der Waals surface area contributed by atoms with Gasteiger partial charge in [0.05, 0.1) is 4.92 Å². The zero-order chi connectivity index (χ0) is 18.8. The average molecular weight is 350 g/mol.